The third-order valence-electron chi connectivity index (χ3n) is 5.17. The summed E-state index contributed by atoms with van der Waals surface area (Å²) in [5.41, 5.74) is 2.51. The van der Waals surface area contributed by atoms with Crippen molar-refractivity contribution >= 4 is 29.2 Å². The van der Waals surface area contributed by atoms with E-state index in [0.29, 0.717) is 5.92 Å². The van der Waals surface area contributed by atoms with Gasteiger partial charge in [-0.1, -0.05) is 35.7 Å². The highest BCUT2D eigenvalue weighted by atomic mass is 35.5. The maximum Gasteiger partial charge on any atom is 0.119 e. The molecule has 0 N–H and O–H groups in total. The molecule has 1 aliphatic rings. The molecule has 1 unspecified atom stereocenters. The number of benzene rings is 2. The van der Waals surface area contributed by atoms with Gasteiger partial charge in [0.2, 0.25) is 0 Å². The molecule has 1 fully saturated rings. The molecule has 1 heterocycles. The van der Waals surface area contributed by atoms with Crippen LogP contribution in [0.3, 0.4) is 0 Å². The summed E-state index contributed by atoms with van der Waals surface area (Å²) in [7, 11) is 2.07. The molecule has 0 bridgehead atoms. The van der Waals surface area contributed by atoms with Gasteiger partial charge in [-0.25, -0.2) is 0 Å². The highest BCUT2D eigenvalue weighted by Gasteiger charge is 2.20. The lowest BCUT2D eigenvalue weighted by molar-refractivity contribution is 0.131. The van der Waals surface area contributed by atoms with Gasteiger partial charge in [-0.2, -0.15) is 0 Å². The summed E-state index contributed by atoms with van der Waals surface area (Å²) < 4.78 is 8.21. The van der Waals surface area contributed by atoms with Crippen LogP contribution in [0.4, 0.5) is 5.69 Å². The second-order valence-corrected chi connectivity index (χ2v) is 8.52. The van der Waals surface area contributed by atoms with Crippen LogP contribution in [0.5, 0.6) is 5.75 Å². The maximum absolute atomic E-state index is 6.09. The summed E-state index contributed by atoms with van der Waals surface area (Å²) >= 11 is 7.79. The predicted molar refractivity (Wildman–Crippen MR) is 118 cm³/mol. The van der Waals surface area contributed by atoms with Crippen LogP contribution in [0.15, 0.2) is 48.5 Å². The standard InChI is InChI=1S/C22H29ClN2OS/c1-24(27-2)21-8-10-22(11-9-21)26-17-19-6-4-13-25(16-19)14-12-18-5-3-7-20(23)15-18/h3,5,7-11,15,19H,4,6,12-14,16-17H2,1-2H3. The Morgan fingerprint density at radius 1 is 1.22 bits per heavy atom. The third-order valence-corrected chi connectivity index (χ3v) is 6.16. The molecular weight excluding hydrogens is 376 g/mol. The van der Waals surface area contributed by atoms with Crippen LogP contribution < -0.4 is 9.04 Å². The van der Waals surface area contributed by atoms with Crippen LogP contribution in [0, 0.1) is 5.92 Å². The molecule has 1 aliphatic heterocycles. The SMILES string of the molecule is CSN(C)c1ccc(OCC2CCCN(CCc3cccc(Cl)c3)C2)cc1. The zero-order chi connectivity index (χ0) is 19.1. The van der Waals surface area contributed by atoms with Crippen LogP contribution in [-0.4, -0.2) is 44.4 Å². The fraction of sp³-hybridized carbons (Fsp3) is 0.455. The number of anilines is 1. The van der Waals surface area contributed by atoms with E-state index in [0.717, 1.165) is 36.9 Å². The topological polar surface area (TPSA) is 15.7 Å². The molecule has 0 aromatic heterocycles. The highest BCUT2D eigenvalue weighted by Crippen LogP contribution is 2.24. The second kappa shape index (κ2) is 10.3. The number of nitrogens with zero attached hydrogens (tertiary/aromatic N) is 2. The minimum atomic E-state index is 0.603. The van der Waals surface area contributed by atoms with E-state index in [2.05, 4.69) is 58.9 Å². The largest absolute Gasteiger partial charge is 0.493 e. The summed E-state index contributed by atoms with van der Waals surface area (Å²) in [6, 6.07) is 16.6. The maximum atomic E-state index is 6.09. The monoisotopic (exact) mass is 404 g/mol. The van der Waals surface area contributed by atoms with Crippen molar-refractivity contribution in [2.45, 2.75) is 19.3 Å². The van der Waals surface area contributed by atoms with Crippen LogP contribution in [0.2, 0.25) is 5.02 Å². The molecule has 27 heavy (non-hydrogen) atoms. The number of ether oxygens (including phenoxy) is 1. The fourth-order valence-electron chi connectivity index (χ4n) is 3.54. The van der Waals surface area contributed by atoms with Crippen molar-refractivity contribution in [2.24, 2.45) is 5.92 Å². The van der Waals surface area contributed by atoms with Crippen molar-refractivity contribution in [1.82, 2.24) is 4.90 Å². The minimum Gasteiger partial charge on any atom is -0.493 e. The summed E-state index contributed by atoms with van der Waals surface area (Å²) in [5.74, 6) is 1.57. The minimum absolute atomic E-state index is 0.603. The van der Waals surface area contributed by atoms with E-state index < -0.39 is 0 Å². The summed E-state index contributed by atoms with van der Waals surface area (Å²) in [6.07, 6.45) is 5.63. The number of hydrogen-bond donors (Lipinski definition) is 0. The van der Waals surface area contributed by atoms with Crippen LogP contribution in [0.25, 0.3) is 0 Å². The first-order chi connectivity index (χ1) is 13.1. The Balaban J connectivity index is 1.44. The van der Waals surface area contributed by atoms with Gasteiger partial charge >= 0.3 is 0 Å². The van der Waals surface area contributed by atoms with Crippen molar-refractivity contribution in [1.29, 1.82) is 0 Å². The average molecular weight is 405 g/mol. The Morgan fingerprint density at radius 2 is 2.04 bits per heavy atom. The van der Waals surface area contributed by atoms with Crippen molar-refractivity contribution in [3.8, 4) is 5.75 Å². The molecular formula is C22H29ClN2OS. The third kappa shape index (κ3) is 6.34. The first-order valence-corrected chi connectivity index (χ1v) is 11.2. The van der Waals surface area contributed by atoms with E-state index in [9.17, 15) is 0 Å². The molecule has 0 radical (unpaired) electrons. The van der Waals surface area contributed by atoms with Crippen molar-refractivity contribution < 1.29 is 4.74 Å². The number of halogens is 1. The van der Waals surface area contributed by atoms with Crippen molar-refractivity contribution in [3.05, 3.63) is 59.1 Å². The molecule has 5 heteroatoms. The molecule has 0 saturated carbocycles. The van der Waals surface area contributed by atoms with Crippen molar-refractivity contribution in [3.63, 3.8) is 0 Å². The Labute approximate surface area is 172 Å². The van der Waals surface area contributed by atoms with Crippen LogP contribution in [0.1, 0.15) is 18.4 Å². The molecule has 0 aliphatic carbocycles. The van der Waals surface area contributed by atoms with Gasteiger partial charge in [-0.05, 0) is 67.8 Å². The van der Waals surface area contributed by atoms with Gasteiger partial charge < -0.3 is 13.9 Å². The zero-order valence-corrected chi connectivity index (χ0v) is 17.8. The number of rotatable bonds is 8. The second-order valence-electron chi connectivity index (χ2n) is 7.17. The predicted octanol–water partition coefficient (Wildman–Crippen LogP) is 5.39. The fourth-order valence-corrected chi connectivity index (χ4v) is 4.09. The van der Waals surface area contributed by atoms with Crippen LogP contribution >= 0.6 is 23.5 Å². The summed E-state index contributed by atoms with van der Waals surface area (Å²) in [5, 5.41) is 0.826. The van der Waals surface area contributed by atoms with Crippen molar-refractivity contribution in [2.75, 3.05) is 43.8 Å². The molecule has 0 spiro atoms. The summed E-state index contributed by atoms with van der Waals surface area (Å²) in [4.78, 5) is 2.56. The molecule has 2 aromatic rings. The van der Waals surface area contributed by atoms with Gasteiger partial charge in [0.25, 0.3) is 0 Å². The van der Waals surface area contributed by atoms with Gasteiger partial charge in [0.1, 0.15) is 5.75 Å². The molecule has 0 amide bonds. The van der Waals surface area contributed by atoms with Gasteiger partial charge in [0.15, 0.2) is 0 Å². The highest BCUT2D eigenvalue weighted by molar-refractivity contribution is 7.99. The molecule has 2 aromatic carbocycles. The summed E-state index contributed by atoms with van der Waals surface area (Å²) in [6.45, 7) is 4.19. The van der Waals surface area contributed by atoms with E-state index in [1.165, 1.54) is 30.6 Å². The van der Waals surface area contributed by atoms with Gasteiger partial charge in [0, 0.05) is 43.0 Å². The number of piperidine rings is 1. The molecule has 3 nitrogen and oxygen atoms in total. The number of hydrogen-bond acceptors (Lipinski definition) is 4. The Morgan fingerprint density at radius 3 is 2.78 bits per heavy atom. The van der Waals surface area contributed by atoms with E-state index in [1.54, 1.807) is 11.9 Å². The average Bonchev–Trinajstić information content (AvgIpc) is 2.71. The van der Waals surface area contributed by atoms with Gasteiger partial charge in [0.05, 0.1) is 6.61 Å². The number of likely N-dealkylation sites (tertiary alicyclic amines) is 1. The Bertz CT molecular complexity index is 710. The Kier molecular flexibility index (Phi) is 7.74. The molecule has 146 valence electrons. The normalized spacial score (nSPS) is 17.7. The van der Waals surface area contributed by atoms with E-state index in [-0.39, 0.29) is 0 Å². The molecule has 3 rings (SSSR count). The zero-order valence-electron chi connectivity index (χ0n) is 16.2. The lowest BCUT2D eigenvalue weighted by Crippen LogP contribution is -2.38. The first kappa shape index (κ1) is 20.4. The van der Waals surface area contributed by atoms with Gasteiger partial charge in [-0.3, -0.25) is 0 Å². The molecule has 1 atom stereocenters. The van der Waals surface area contributed by atoms with E-state index in [4.69, 9.17) is 16.3 Å². The van der Waals surface area contributed by atoms with E-state index >= 15 is 0 Å². The van der Waals surface area contributed by atoms with E-state index in [1.807, 2.05) is 12.1 Å². The van der Waals surface area contributed by atoms with Crippen LogP contribution in [-0.2, 0) is 6.42 Å². The lowest BCUT2D eigenvalue weighted by Gasteiger charge is -2.32. The Hall–Kier alpha value is -1.36. The molecule has 1 saturated heterocycles. The first-order valence-electron chi connectivity index (χ1n) is 9.61. The quantitative estimate of drug-likeness (QED) is 0.548. The van der Waals surface area contributed by atoms with Gasteiger partial charge in [-0.15, -0.1) is 0 Å². The lowest BCUT2D eigenvalue weighted by atomic mass is 9.98. The smallest absolute Gasteiger partial charge is 0.119 e.